The molecule has 1 aromatic rings. The first-order chi connectivity index (χ1) is 6.72. The monoisotopic (exact) mass is 192 g/mol. The molecule has 0 spiro atoms. The SMILES string of the molecule is C[C@H](CO)c1ccc2c(c1)COC2=O. The third-order valence-electron chi connectivity index (χ3n) is 2.55. The van der Waals surface area contributed by atoms with Crippen LogP contribution in [0.1, 0.15) is 34.3 Å². The van der Waals surface area contributed by atoms with Gasteiger partial charge in [0.1, 0.15) is 6.61 Å². The van der Waals surface area contributed by atoms with Crippen molar-refractivity contribution in [3.05, 3.63) is 34.9 Å². The van der Waals surface area contributed by atoms with E-state index in [1.807, 2.05) is 19.1 Å². The number of hydrogen-bond donors (Lipinski definition) is 1. The summed E-state index contributed by atoms with van der Waals surface area (Å²) in [6.07, 6.45) is 0. The summed E-state index contributed by atoms with van der Waals surface area (Å²) in [5, 5.41) is 8.99. The maximum atomic E-state index is 11.1. The lowest BCUT2D eigenvalue weighted by Gasteiger charge is -2.08. The van der Waals surface area contributed by atoms with Gasteiger partial charge in [-0.05, 0) is 11.6 Å². The first-order valence-corrected chi connectivity index (χ1v) is 4.63. The predicted octanol–water partition coefficient (Wildman–Crippen LogP) is 1.45. The minimum Gasteiger partial charge on any atom is -0.457 e. The molecule has 0 aromatic heterocycles. The summed E-state index contributed by atoms with van der Waals surface area (Å²) in [6, 6.07) is 5.57. The molecule has 0 amide bonds. The first-order valence-electron chi connectivity index (χ1n) is 4.63. The van der Waals surface area contributed by atoms with E-state index in [1.165, 1.54) is 0 Å². The van der Waals surface area contributed by atoms with Crippen molar-refractivity contribution in [2.75, 3.05) is 6.61 Å². The Kier molecular flexibility index (Phi) is 2.25. The molecule has 3 heteroatoms. The van der Waals surface area contributed by atoms with Crippen molar-refractivity contribution >= 4 is 5.97 Å². The number of hydrogen-bond acceptors (Lipinski definition) is 3. The molecule has 0 bridgehead atoms. The number of carbonyl (C=O) groups is 1. The number of fused-ring (bicyclic) bond motifs is 1. The second-order valence-corrected chi connectivity index (χ2v) is 3.58. The fraction of sp³-hybridized carbons (Fsp3) is 0.364. The Morgan fingerprint density at radius 3 is 3.07 bits per heavy atom. The van der Waals surface area contributed by atoms with Gasteiger partial charge in [0.25, 0.3) is 0 Å². The van der Waals surface area contributed by atoms with Crippen LogP contribution in [0.15, 0.2) is 18.2 Å². The number of aliphatic hydroxyl groups is 1. The summed E-state index contributed by atoms with van der Waals surface area (Å²) < 4.78 is 4.89. The second-order valence-electron chi connectivity index (χ2n) is 3.58. The molecule has 0 unspecified atom stereocenters. The van der Waals surface area contributed by atoms with Gasteiger partial charge in [0.15, 0.2) is 0 Å². The Morgan fingerprint density at radius 1 is 1.57 bits per heavy atom. The van der Waals surface area contributed by atoms with Gasteiger partial charge < -0.3 is 9.84 Å². The summed E-state index contributed by atoms with van der Waals surface area (Å²) >= 11 is 0. The quantitative estimate of drug-likeness (QED) is 0.721. The zero-order valence-corrected chi connectivity index (χ0v) is 7.99. The molecule has 14 heavy (non-hydrogen) atoms. The van der Waals surface area contributed by atoms with Gasteiger partial charge >= 0.3 is 5.97 Å². The van der Waals surface area contributed by atoms with Crippen LogP contribution in [0, 0.1) is 0 Å². The Bertz CT molecular complexity index is 371. The number of rotatable bonds is 2. The third-order valence-corrected chi connectivity index (χ3v) is 2.55. The Hall–Kier alpha value is -1.35. The molecule has 3 nitrogen and oxygen atoms in total. The van der Waals surface area contributed by atoms with Crippen LogP contribution in [0.25, 0.3) is 0 Å². The van der Waals surface area contributed by atoms with Crippen molar-refractivity contribution in [2.24, 2.45) is 0 Å². The summed E-state index contributed by atoms with van der Waals surface area (Å²) in [5.41, 5.74) is 2.62. The molecule has 0 saturated carbocycles. The van der Waals surface area contributed by atoms with E-state index in [9.17, 15) is 4.79 Å². The molecule has 1 aromatic carbocycles. The molecule has 0 radical (unpaired) electrons. The van der Waals surface area contributed by atoms with Crippen LogP contribution in [0.3, 0.4) is 0 Å². The maximum Gasteiger partial charge on any atom is 0.338 e. The lowest BCUT2D eigenvalue weighted by Crippen LogP contribution is -2.00. The minimum atomic E-state index is -0.247. The number of aliphatic hydroxyl groups excluding tert-OH is 1. The van der Waals surface area contributed by atoms with Crippen LogP contribution in [0.5, 0.6) is 0 Å². The van der Waals surface area contributed by atoms with E-state index in [2.05, 4.69) is 0 Å². The number of esters is 1. The summed E-state index contributed by atoms with van der Waals surface area (Å²) in [4.78, 5) is 11.1. The third kappa shape index (κ3) is 1.40. The van der Waals surface area contributed by atoms with Crippen molar-refractivity contribution in [1.29, 1.82) is 0 Å². The minimum absolute atomic E-state index is 0.107. The Morgan fingerprint density at radius 2 is 2.36 bits per heavy atom. The van der Waals surface area contributed by atoms with Crippen molar-refractivity contribution in [1.82, 2.24) is 0 Å². The predicted molar refractivity (Wildman–Crippen MR) is 51.1 cm³/mol. The molecular weight excluding hydrogens is 180 g/mol. The van der Waals surface area contributed by atoms with Crippen LogP contribution in [-0.2, 0) is 11.3 Å². The maximum absolute atomic E-state index is 11.1. The normalized spacial score (nSPS) is 16.3. The average molecular weight is 192 g/mol. The van der Waals surface area contributed by atoms with Crippen LogP contribution in [0.2, 0.25) is 0 Å². The molecule has 1 N–H and O–H groups in total. The standard InChI is InChI=1S/C11H12O3/c1-7(5-12)8-2-3-10-9(4-8)6-14-11(10)13/h2-4,7,12H,5-6H2,1H3/t7-/m1/s1. The van der Waals surface area contributed by atoms with Crippen LogP contribution < -0.4 is 0 Å². The van der Waals surface area contributed by atoms with Crippen LogP contribution >= 0.6 is 0 Å². The molecule has 1 aliphatic rings. The topological polar surface area (TPSA) is 46.5 Å². The highest BCUT2D eigenvalue weighted by Gasteiger charge is 2.21. The molecule has 74 valence electrons. The van der Waals surface area contributed by atoms with Gasteiger partial charge in [0, 0.05) is 18.1 Å². The van der Waals surface area contributed by atoms with Crippen molar-refractivity contribution in [3.8, 4) is 0 Å². The van der Waals surface area contributed by atoms with Crippen LogP contribution in [0.4, 0.5) is 0 Å². The van der Waals surface area contributed by atoms with E-state index in [-0.39, 0.29) is 18.5 Å². The van der Waals surface area contributed by atoms with Gasteiger partial charge in [0.2, 0.25) is 0 Å². The largest absolute Gasteiger partial charge is 0.457 e. The fourth-order valence-corrected chi connectivity index (χ4v) is 1.57. The smallest absolute Gasteiger partial charge is 0.338 e. The van der Waals surface area contributed by atoms with Gasteiger partial charge in [-0.3, -0.25) is 0 Å². The summed E-state index contributed by atoms with van der Waals surface area (Å²) in [6.45, 7) is 2.42. The molecular formula is C11H12O3. The van der Waals surface area contributed by atoms with E-state index < -0.39 is 0 Å². The number of carbonyl (C=O) groups excluding carboxylic acids is 1. The Balaban J connectivity index is 2.37. The lowest BCUT2D eigenvalue weighted by atomic mass is 9.98. The highest BCUT2D eigenvalue weighted by atomic mass is 16.5. The van der Waals surface area contributed by atoms with Gasteiger partial charge in [-0.1, -0.05) is 19.1 Å². The first kappa shape index (κ1) is 9.21. The van der Waals surface area contributed by atoms with Crippen molar-refractivity contribution < 1.29 is 14.6 Å². The summed E-state index contributed by atoms with van der Waals surface area (Å²) in [5.74, 6) is -0.140. The van der Waals surface area contributed by atoms with E-state index in [0.29, 0.717) is 12.2 Å². The van der Waals surface area contributed by atoms with Crippen LogP contribution in [-0.4, -0.2) is 17.7 Å². The zero-order valence-electron chi connectivity index (χ0n) is 7.99. The van der Waals surface area contributed by atoms with Gasteiger partial charge in [-0.15, -0.1) is 0 Å². The second kappa shape index (κ2) is 3.42. The lowest BCUT2D eigenvalue weighted by molar-refractivity contribution is 0.0535. The fourth-order valence-electron chi connectivity index (χ4n) is 1.57. The molecule has 0 saturated heterocycles. The van der Waals surface area contributed by atoms with E-state index in [1.54, 1.807) is 6.07 Å². The highest BCUT2D eigenvalue weighted by molar-refractivity contribution is 5.93. The molecule has 2 rings (SSSR count). The van der Waals surface area contributed by atoms with Gasteiger partial charge in [-0.25, -0.2) is 4.79 Å². The van der Waals surface area contributed by atoms with Gasteiger partial charge in [0.05, 0.1) is 5.56 Å². The number of ether oxygens (including phenoxy) is 1. The van der Waals surface area contributed by atoms with E-state index in [4.69, 9.17) is 9.84 Å². The highest BCUT2D eigenvalue weighted by Crippen LogP contribution is 2.24. The number of cyclic esters (lactones) is 1. The summed E-state index contributed by atoms with van der Waals surface area (Å²) in [7, 11) is 0. The van der Waals surface area contributed by atoms with E-state index >= 15 is 0 Å². The average Bonchev–Trinajstić information content (AvgIpc) is 2.59. The zero-order chi connectivity index (χ0) is 10.1. The Labute approximate surface area is 82.3 Å². The number of benzene rings is 1. The molecule has 1 atom stereocenters. The van der Waals surface area contributed by atoms with E-state index in [0.717, 1.165) is 11.1 Å². The van der Waals surface area contributed by atoms with Crippen molar-refractivity contribution in [2.45, 2.75) is 19.4 Å². The molecule has 1 heterocycles. The van der Waals surface area contributed by atoms with Gasteiger partial charge in [-0.2, -0.15) is 0 Å². The van der Waals surface area contributed by atoms with Crippen molar-refractivity contribution in [3.63, 3.8) is 0 Å². The molecule has 0 fully saturated rings. The molecule has 1 aliphatic heterocycles. The molecule has 0 aliphatic carbocycles.